The Morgan fingerprint density at radius 3 is 2.50 bits per heavy atom. The lowest BCUT2D eigenvalue weighted by Crippen LogP contribution is -2.25. The van der Waals surface area contributed by atoms with Gasteiger partial charge in [0.1, 0.15) is 5.60 Å². The van der Waals surface area contributed by atoms with E-state index in [0.29, 0.717) is 6.42 Å². The van der Waals surface area contributed by atoms with Gasteiger partial charge in [-0.2, -0.15) is 0 Å². The van der Waals surface area contributed by atoms with Crippen LogP contribution in [0.3, 0.4) is 0 Å². The number of benzene rings is 1. The van der Waals surface area contributed by atoms with Gasteiger partial charge in [-0.05, 0) is 33.3 Å². The molecule has 0 spiro atoms. The molecule has 1 aromatic carbocycles. The largest absolute Gasteiger partial charge is 0.460 e. The lowest BCUT2D eigenvalue weighted by Gasteiger charge is -2.20. The SMILES string of the molecule is C[C@H](CC(=O)OC(C)(C)C)N=Cc1ccccc1. The average Bonchev–Trinajstić information content (AvgIpc) is 2.25. The van der Waals surface area contributed by atoms with Crippen molar-refractivity contribution in [2.75, 3.05) is 0 Å². The molecule has 0 fully saturated rings. The van der Waals surface area contributed by atoms with Gasteiger partial charge in [-0.1, -0.05) is 30.3 Å². The zero-order valence-electron chi connectivity index (χ0n) is 11.5. The van der Waals surface area contributed by atoms with E-state index in [0.717, 1.165) is 5.56 Å². The van der Waals surface area contributed by atoms with E-state index in [2.05, 4.69) is 4.99 Å². The Balaban J connectivity index is 2.45. The Labute approximate surface area is 109 Å². The van der Waals surface area contributed by atoms with Crippen LogP contribution < -0.4 is 0 Å². The van der Waals surface area contributed by atoms with Gasteiger partial charge < -0.3 is 4.74 Å². The summed E-state index contributed by atoms with van der Waals surface area (Å²) in [5.74, 6) is -0.208. The molecule has 0 aliphatic heterocycles. The maximum absolute atomic E-state index is 11.6. The van der Waals surface area contributed by atoms with Crippen LogP contribution in [0.25, 0.3) is 0 Å². The van der Waals surface area contributed by atoms with Crippen LogP contribution in [0.2, 0.25) is 0 Å². The summed E-state index contributed by atoms with van der Waals surface area (Å²) in [6, 6.07) is 9.76. The zero-order valence-corrected chi connectivity index (χ0v) is 11.5. The van der Waals surface area contributed by atoms with Crippen molar-refractivity contribution in [1.82, 2.24) is 0 Å². The van der Waals surface area contributed by atoms with Crippen molar-refractivity contribution in [1.29, 1.82) is 0 Å². The first kappa shape index (κ1) is 14.4. The van der Waals surface area contributed by atoms with Crippen LogP contribution in [0.15, 0.2) is 35.3 Å². The standard InChI is InChI=1S/C15H21NO2/c1-12(10-14(17)18-15(2,3)4)16-11-13-8-6-5-7-9-13/h5-9,11-12H,10H2,1-4H3/t12-/m1/s1. The third kappa shape index (κ3) is 6.18. The minimum Gasteiger partial charge on any atom is -0.460 e. The van der Waals surface area contributed by atoms with E-state index in [-0.39, 0.29) is 12.0 Å². The monoisotopic (exact) mass is 247 g/mol. The molecule has 0 aromatic heterocycles. The van der Waals surface area contributed by atoms with Crippen molar-refractivity contribution in [3.8, 4) is 0 Å². The van der Waals surface area contributed by atoms with Gasteiger partial charge in [0.25, 0.3) is 0 Å². The van der Waals surface area contributed by atoms with Gasteiger partial charge in [0.2, 0.25) is 0 Å². The van der Waals surface area contributed by atoms with Gasteiger partial charge in [0.15, 0.2) is 0 Å². The van der Waals surface area contributed by atoms with E-state index >= 15 is 0 Å². The highest BCUT2D eigenvalue weighted by Gasteiger charge is 2.17. The predicted molar refractivity (Wildman–Crippen MR) is 74.0 cm³/mol. The van der Waals surface area contributed by atoms with Crippen LogP contribution in [0.1, 0.15) is 39.7 Å². The quantitative estimate of drug-likeness (QED) is 0.605. The smallest absolute Gasteiger partial charge is 0.308 e. The van der Waals surface area contributed by atoms with Crippen LogP contribution >= 0.6 is 0 Å². The fourth-order valence-corrected chi connectivity index (χ4v) is 1.43. The van der Waals surface area contributed by atoms with E-state index in [1.165, 1.54) is 0 Å². The molecule has 0 N–H and O–H groups in total. The minimum absolute atomic E-state index is 0.0694. The number of aliphatic imine (C=N–C) groups is 1. The summed E-state index contributed by atoms with van der Waals surface area (Å²) in [6.07, 6.45) is 2.09. The lowest BCUT2D eigenvalue weighted by molar-refractivity contribution is -0.155. The maximum Gasteiger partial charge on any atom is 0.308 e. The second-order valence-electron chi connectivity index (χ2n) is 5.33. The molecule has 0 aliphatic rings. The molecule has 0 unspecified atom stereocenters. The molecule has 0 radical (unpaired) electrons. The van der Waals surface area contributed by atoms with Crippen molar-refractivity contribution in [3.63, 3.8) is 0 Å². The molecule has 0 saturated heterocycles. The summed E-state index contributed by atoms with van der Waals surface area (Å²) in [7, 11) is 0. The molecule has 0 heterocycles. The lowest BCUT2D eigenvalue weighted by atomic mass is 10.2. The van der Waals surface area contributed by atoms with E-state index in [9.17, 15) is 4.79 Å². The molecule has 0 saturated carbocycles. The summed E-state index contributed by atoms with van der Waals surface area (Å²) in [6.45, 7) is 7.50. The molecule has 98 valence electrons. The Bertz CT molecular complexity index is 404. The van der Waals surface area contributed by atoms with E-state index in [4.69, 9.17) is 4.74 Å². The van der Waals surface area contributed by atoms with Gasteiger partial charge in [0.05, 0.1) is 12.5 Å². The zero-order chi connectivity index (χ0) is 13.6. The fraction of sp³-hybridized carbons (Fsp3) is 0.467. The number of rotatable bonds is 4. The topological polar surface area (TPSA) is 38.7 Å². The second kappa shape index (κ2) is 6.34. The maximum atomic E-state index is 11.6. The molecule has 1 atom stereocenters. The Hall–Kier alpha value is -1.64. The Morgan fingerprint density at radius 2 is 1.94 bits per heavy atom. The van der Waals surface area contributed by atoms with Gasteiger partial charge >= 0.3 is 5.97 Å². The minimum atomic E-state index is -0.431. The summed E-state index contributed by atoms with van der Waals surface area (Å²) in [5.41, 5.74) is 0.605. The van der Waals surface area contributed by atoms with Crippen molar-refractivity contribution in [3.05, 3.63) is 35.9 Å². The van der Waals surface area contributed by atoms with Crippen LogP contribution in [0.4, 0.5) is 0 Å². The Kier molecular flexibility index (Phi) is 5.08. The average molecular weight is 247 g/mol. The van der Waals surface area contributed by atoms with E-state index < -0.39 is 5.60 Å². The number of nitrogens with zero attached hydrogens (tertiary/aromatic N) is 1. The first-order chi connectivity index (χ1) is 8.37. The molecule has 3 nitrogen and oxygen atoms in total. The number of hydrogen-bond donors (Lipinski definition) is 0. The second-order valence-corrected chi connectivity index (χ2v) is 5.33. The summed E-state index contributed by atoms with van der Waals surface area (Å²) >= 11 is 0. The van der Waals surface area contributed by atoms with E-state index in [1.807, 2.05) is 58.0 Å². The van der Waals surface area contributed by atoms with Gasteiger partial charge in [-0.25, -0.2) is 0 Å². The Morgan fingerprint density at radius 1 is 1.33 bits per heavy atom. The highest BCUT2D eigenvalue weighted by Crippen LogP contribution is 2.10. The van der Waals surface area contributed by atoms with Gasteiger partial charge in [-0.3, -0.25) is 9.79 Å². The first-order valence-corrected chi connectivity index (χ1v) is 6.17. The highest BCUT2D eigenvalue weighted by atomic mass is 16.6. The highest BCUT2D eigenvalue weighted by molar-refractivity contribution is 5.80. The van der Waals surface area contributed by atoms with Crippen LogP contribution in [0, 0.1) is 0 Å². The third-order valence-corrected chi connectivity index (χ3v) is 2.16. The number of carbonyl (C=O) groups is 1. The molecule has 0 aliphatic carbocycles. The molecule has 3 heteroatoms. The van der Waals surface area contributed by atoms with Crippen molar-refractivity contribution < 1.29 is 9.53 Å². The predicted octanol–water partition coefficient (Wildman–Crippen LogP) is 3.23. The summed E-state index contributed by atoms with van der Waals surface area (Å²) in [4.78, 5) is 15.9. The molecular formula is C15H21NO2. The van der Waals surface area contributed by atoms with Crippen LogP contribution in [-0.4, -0.2) is 23.8 Å². The normalized spacial score (nSPS) is 13.6. The molecule has 0 bridgehead atoms. The number of hydrogen-bond acceptors (Lipinski definition) is 3. The van der Waals surface area contributed by atoms with Gasteiger partial charge in [0, 0.05) is 6.21 Å². The molecular weight excluding hydrogens is 226 g/mol. The first-order valence-electron chi connectivity index (χ1n) is 6.17. The van der Waals surface area contributed by atoms with Crippen molar-refractivity contribution in [2.45, 2.75) is 45.8 Å². The third-order valence-electron chi connectivity index (χ3n) is 2.16. The summed E-state index contributed by atoms with van der Waals surface area (Å²) in [5, 5.41) is 0. The number of ether oxygens (including phenoxy) is 1. The fourth-order valence-electron chi connectivity index (χ4n) is 1.43. The molecule has 1 aromatic rings. The van der Waals surface area contributed by atoms with E-state index in [1.54, 1.807) is 6.21 Å². The van der Waals surface area contributed by atoms with Crippen molar-refractivity contribution >= 4 is 12.2 Å². The number of carbonyl (C=O) groups excluding carboxylic acids is 1. The molecule has 0 amide bonds. The number of esters is 1. The van der Waals surface area contributed by atoms with Gasteiger partial charge in [-0.15, -0.1) is 0 Å². The molecule has 18 heavy (non-hydrogen) atoms. The van der Waals surface area contributed by atoms with Crippen LogP contribution in [-0.2, 0) is 9.53 Å². The summed E-state index contributed by atoms with van der Waals surface area (Å²) < 4.78 is 5.25. The van der Waals surface area contributed by atoms with Crippen LogP contribution in [0.5, 0.6) is 0 Å². The molecule has 1 rings (SSSR count). The van der Waals surface area contributed by atoms with Crippen molar-refractivity contribution in [2.24, 2.45) is 4.99 Å².